The minimum absolute atomic E-state index is 0.118. The Labute approximate surface area is 207 Å². The summed E-state index contributed by atoms with van der Waals surface area (Å²) in [5.41, 5.74) is 0.747. The first-order valence-corrected chi connectivity index (χ1v) is 11.3. The van der Waals surface area contributed by atoms with Gasteiger partial charge in [-0.2, -0.15) is 13.2 Å². The summed E-state index contributed by atoms with van der Waals surface area (Å²) in [5.74, 6) is -0.242. The predicted molar refractivity (Wildman–Crippen MR) is 124 cm³/mol. The van der Waals surface area contributed by atoms with Crippen molar-refractivity contribution in [1.29, 1.82) is 0 Å². The Morgan fingerprint density at radius 2 is 2.11 bits per heavy atom. The first kappa shape index (κ1) is 23.9. The average Bonchev–Trinajstić information content (AvgIpc) is 3.50. The molecule has 3 aromatic rings. The summed E-state index contributed by atoms with van der Waals surface area (Å²) in [6.07, 6.45) is 0.288. The molecule has 0 radical (unpaired) electrons. The zero-order valence-electron chi connectivity index (χ0n) is 18.7. The molecule has 1 unspecified atom stereocenters. The van der Waals surface area contributed by atoms with Crippen LogP contribution in [0.25, 0.3) is 11.3 Å². The molecule has 14 heteroatoms. The monoisotopic (exact) mass is 521 g/mol. The van der Waals surface area contributed by atoms with E-state index in [4.69, 9.17) is 16.0 Å². The fraction of sp³-hybridized carbons (Fsp3) is 0.318. The van der Waals surface area contributed by atoms with Crippen LogP contribution in [0.15, 0.2) is 41.4 Å². The number of anilines is 3. The number of urea groups is 1. The van der Waals surface area contributed by atoms with Crippen molar-refractivity contribution in [2.75, 3.05) is 28.2 Å². The summed E-state index contributed by atoms with van der Waals surface area (Å²) in [4.78, 5) is 41.6. The number of hydrogen-bond acceptors (Lipinski definition) is 7. The minimum atomic E-state index is -4.64. The Bertz CT molecular complexity index is 1320. The molecule has 10 nitrogen and oxygen atoms in total. The van der Waals surface area contributed by atoms with Gasteiger partial charge in [0.1, 0.15) is 17.6 Å². The topological polar surface area (TPSA) is 116 Å². The molecule has 0 aromatic carbocycles. The van der Waals surface area contributed by atoms with E-state index in [0.29, 0.717) is 36.5 Å². The van der Waals surface area contributed by atoms with Crippen molar-refractivity contribution in [3.8, 4) is 11.3 Å². The zero-order valence-corrected chi connectivity index (χ0v) is 19.5. The molecule has 0 aliphatic carbocycles. The smallest absolute Gasteiger partial charge is 0.408 e. The maximum atomic E-state index is 13.4. The zero-order chi connectivity index (χ0) is 25.6. The Balaban J connectivity index is 1.45. The van der Waals surface area contributed by atoms with Gasteiger partial charge in [-0.15, -0.1) is 0 Å². The van der Waals surface area contributed by atoms with Gasteiger partial charge in [0.15, 0.2) is 18.0 Å². The van der Waals surface area contributed by atoms with Crippen molar-refractivity contribution < 1.29 is 27.2 Å². The number of fused-ring (bicyclic) bond motifs is 4. The van der Waals surface area contributed by atoms with Crippen LogP contribution in [0.4, 0.5) is 35.3 Å². The summed E-state index contributed by atoms with van der Waals surface area (Å²) in [6, 6.07) is 1.81. The van der Waals surface area contributed by atoms with E-state index in [2.05, 4.69) is 20.3 Å². The highest BCUT2D eigenvalue weighted by Crippen LogP contribution is 2.41. The van der Waals surface area contributed by atoms with E-state index in [1.165, 1.54) is 29.8 Å². The standard InChI is InChI=1S/C22H19ClF3N7O3/c1-11(22(24,25)26)29-20(34)18-14(23)7-15-19(31-18)33(13-3-5-32(15)9-13)21(35)30-17-6-12(2-4-28-17)16-8-27-10-36-16/h2,4,6-8,10-11,13H,3,5,9H2,1H3,(H,29,34)(H,28,30,35)/t11?,13-/m0/s1. The van der Waals surface area contributed by atoms with E-state index in [9.17, 15) is 22.8 Å². The molecule has 5 heterocycles. The second-order valence-corrected chi connectivity index (χ2v) is 8.79. The number of nitrogens with zero attached hydrogens (tertiary/aromatic N) is 5. The molecule has 1 fully saturated rings. The SMILES string of the molecule is CC(NC(=O)c1nc2c(cc1Cl)N1CC[C@@H](C1)N2C(=O)Nc1cc(-c2cnco2)ccn1)C(F)(F)F. The number of nitrogens with one attached hydrogen (secondary N) is 2. The van der Waals surface area contributed by atoms with Crippen LogP contribution in [0.2, 0.25) is 5.02 Å². The van der Waals surface area contributed by atoms with Gasteiger partial charge in [0.2, 0.25) is 0 Å². The quantitative estimate of drug-likeness (QED) is 0.531. The van der Waals surface area contributed by atoms with Crippen LogP contribution < -0.4 is 20.4 Å². The Morgan fingerprint density at radius 1 is 1.31 bits per heavy atom. The number of carbonyl (C=O) groups is 2. The van der Waals surface area contributed by atoms with Crippen LogP contribution in [0.1, 0.15) is 23.8 Å². The van der Waals surface area contributed by atoms with Crippen molar-refractivity contribution in [3.05, 3.63) is 47.7 Å². The van der Waals surface area contributed by atoms with Gasteiger partial charge < -0.3 is 14.6 Å². The first-order chi connectivity index (χ1) is 17.1. The molecule has 5 rings (SSSR count). The third-order valence-corrected chi connectivity index (χ3v) is 6.31. The maximum Gasteiger partial charge on any atom is 0.408 e. The van der Waals surface area contributed by atoms with Crippen molar-refractivity contribution in [1.82, 2.24) is 20.3 Å². The van der Waals surface area contributed by atoms with Gasteiger partial charge in [-0.1, -0.05) is 11.6 Å². The number of halogens is 4. The van der Waals surface area contributed by atoms with Crippen molar-refractivity contribution in [3.63, 3.8) is 0 Å². The highest BCUT2D eigenvalue weighted by atomic mass is 35.5. The van der Waals surface area contributed by atoms with Crippen LogP contribution >= 0.6 is 11.6 Å². The van der Waals surface area contributed by atoms with Gasteiger partial charge in [-0.25, -0.2) is 19.7 Å². The number of rotatable bonds is 4. The molecule has 1 saturated heterocycles. The summed E-state index contributed by atoms with van der Waals surface area (Å²) in [5, 5.41) is 4.47. The first-order valence-electron chi connectivity index (χ1n) is 10.9. The predicted octanol–water partition coefficient (Wildman–Crippen LogP) is 4.10. The molecular weight excluding hydrogens is 503 g/mol. The fourth-order valence-electron chi connectivity index (χ4n) is 4.17. The highest BCUT2D eigenvalue weighted by molar-refractivity contribution is 6.34. The lowest BCUT2D eigenvalue weighted by Crippen LogP contribution is -2.49. The van der Waals surface area contributed by atoms with Gasteiger partial charge in [0.25, 0.3) is 5.91 Å². The third kappa shape index (κ3) is 4.41. The minimum Gasteiger partial charge on any atom is -0.444 e. The number of oxazole rings is 1. The Kier molecular flexibility index (Phi) is 5.94. The second-order valence-electron chi connectivity index (χ2n) is 8.38. The number of amides is 3. The van der Waals surface area contributed by atoms with Gasteiger partial charge in [-0.05, 0) is 31.5 Å². The summed E-state index contributed by atoms with van der Waals surface area (Å²) >= 11 is 6.24. The van der Waals surface area contributed by atoms with Crippen LogP contribution in [0, 0.1) is 0 Å². The van der Waals surface area contributed by atoms with Crippen molar-refractivity contribution >= 4 is 40.9 Å². The maximum absolute atomic E-state index is 13.4. The molecular formula is C22H19ClF3N7O3. The number of carbonyl (C=O) groups excluding carboxylic acids is 2. The van der Waals surface area contributed by atoms with E-state index in [-0.39, 0.29) is 22.7 Å². The van der Waals surface area contributed by atoms with E-state index < -0.39 is 29.9 Å². The molecule has 2 atom stereocenters. The highest BCUT2D eigenvalue weighted by Gasteiger charge is 2.42. The number of hydrogen-bond donors (Lipinski definition) is 2. The average molecular weight is 522 g/mol. The number of pyridine rings is 2. The van der Waals surface area contributed by atoms with E-state index in [1.807, 2.05) is 10.2 Å². The van der Waals surface area contributed by atoms with Gasteiger partial charge >= 0.3 is 12.2 Å². The summed E-state index contributed by atoms with van der Waals surface area (Å²) < 4.78 is 44.1. The Hall–Kier alpha value is -3.87. The van der Waals surface area contributed by atoms with Gasteiger partial charge in [-0.3, -0.25) is 15.0 Å². The molecule has 2 N–H and O–H groups in total. The van der Waals surface area contributed by atoms with Crippen LogP contribution in [0.5, 0.6) is 0 Å². The summed E-state index contributed by atoms with van der Waals surface area (Å²) in [7, 11) is 0. The lowest BCUT2D eigenvalue weighted by molar-refractivity contribution is -0.149. The van der Waals surface area contributed by atoms with Crippen LogP contribution in [-0.4, -0.2) is 58.2 Å². The van der Waals surface area contributed by atoms with E-state index in [0.717, 1.165) is 6.92 Å². The van der Waals surface area contributed by atoms with Gasteiger partial charge in [0.05, 0.1) is 22.9 Å². The fourth-order valence-corrected chi connectivity index (χ4v) is 4.40. The molecule has 3 amide bonds. The van der Waals surface area contributed by atoms with Crippen LogP contribution in [-0.2, 0) is 0 Å². The van der Waals surface area contributed by atoms with E-state index >= 15 is 0 Å². The third-order valence-electron chi connectivity index (χ3n) is 6.02. The molecule has 2 aliphatic heterocycles. The molecule has 3 aromatic heterocycles. The molecule has 2 aliphatic rings. The second kappa shape index (κ2) is 8.97. The molecule has 0 spiro atoms. The van der Waals surface area contributed by atoms with Crippen LogP contribution in [0.3, 0.4) is 0 Å². The molecule has 188 valence electrons. The number of aromatic nitrogens is 3. The van der Waals surface area contributed by atoms with E-state index in [1.54, 1.807) is 12.1 Å². The van der Waals surface area contributed by atoms with Crippen molar-refractivity contribution in [2.45, 2.75) is 31.6 Å². The number of alkyl halides is 3. The van der Waals surface area contributed by atoms with Crippen molar-refractivity contribution in [2.24, 2.45) is 0 Å². The molecule has 2 bridgehead atoms. The largest absolute Gasteiger partial charge is 0.444 e. The summed E-state index contributed by atoms with van der Waals surface area (Å²) in [6.45, 7) is 1.95. The Morgan fingerprint density at radius 3 is 2.83 bits per heavy atom. The molecule has 0 saturated carbocycles. The lowest BCUT2D eigenvalue weighted by Gasteiger charge is -2.36. The molecule has 36 heavy (non-hydrogen) atoms. The lowest BCUT2D eigenvalue weighted by atomic mass is 10.1. The normalized spacial score (nSPS) is 17.5. The van der Waals surface area contributed by atoms with Gasteiger partial charge in [0, 0.05) is 24.8 Å².